The molecule has 0 bridgehead atoms. The second-order valence-electron chi connectivity index (χ2n) is 4.16. The van der Waals surface area contributed by atoms with Gasteiger partial charge in [0.15, 0.2) is 0 Å². The summed E-state index contributed by atoms with van der Waals surface area (Å²) >= 11 is 1.96. The van der Waals surface area contributed by atoms with Gasteiger partial charge >= 0.3 is 5.97 Å². The van der Waals surface area contributed by atoms with E-state index in [1.165, 1.54) is 11.0 Å². The molecule has 1 heterocycles. The van der Waals surface area contributed by atoms with Gasteiger partial charge in [-0.05, 0) is 53.6 Å². The molecule has 1 amide bonds. The Hall–Kier alpha value is -1.31. The highest BCUT2D eigenvalue weighted by Gasteiger charge is 2.34. The van der Waals surface area contributed by atoms with Crippen molar-refractivity contribution in [3.05, 3.63) is 27.3 Å². The number of halogens is 1. The van der Waals surface area contributed by atoms with Crippen molar-refractivity contribution in [1.29, 1.82) is 0 Å². The third-order valence-corrected chi connectivity index (χ3v) is 3.90. The SMILES string of the molecule is O=C(O)C1CCCN1C(=O)c1ccc(I)c(O)c1. The second kappa shape index (κ2) is 5.13. The molecule has 5 nitrogen and oxygen atoms in total. The van der Waals surface area contributed by atoms with Gasteiger partial charge in [0.2, 0.25) is 0 Å². The zero-order chi connectivity index (χ0) is 13.3. The minimum Gasteiger partial charge on any atom is -0.507 e. The standard InChI is InChI=1S/C12H12INO4/c13-8-4-3-7(6-10(8)15)11(16)14-5-1-2-9(14)12(17)18/h3-4,6,9,15H,1-2,5H2,(H,17,18). The number of carbonyl (C=O) groups is 2. The fourth-order valence-electron chi connectivity index (χ4n) is 2.08. The van der Waals surface area contributed by atoms with Crippen molar-refractivity contribution in [2.75, 3.05) is 6.54 Å². The Labute approximate surface area is 118 Å². The van der Waals surface area contributed by atoms with Crippen LogP contribution in [-0.2, 0) is 4.79 Å². The van der Waals surface area contributed by atoms with Crippen molar-refractivity contribution in [2.24, 2.45) is 0 Å². The number of phenolic OH excluding ortho intramolecular Hbond substituents is 1. The lowest BCUT2D eigenvalue weighted by Gasteiger charge is -2.21. The lowest BCUT2D eigenvalue weighted by molar-refractivity contribution is -0.141. The fourth-order valence-corrected chi connectivity index (χ4v) is 2.41. The maximum Gasteiger partial charge on any atom is 0.326 e. The molecule has 6 heteroatoms. The lowest BCUT2D eigenvalue weighted by atomic mass is 10.1. The van der Waals surface area contributed by atoms with Crippen LogP contribution in [0, 0.1) is 3.57 Å². The number of carbonyl (C=O) groups excluding carboxylic acids is 1. The van der Waals surface area contributed by atoms with Crippen molar-refractivity contribution >= 4 is 34.5 Å². The zero-order valence-electron chi connectivity index (χ0n) is 9.47. The maximum absolute atomic E-state index is 12.2. The molecule has 1 aliphatic heterocycles. The van der Waals surface area contributed by atoms with Gasteiger partial charge in [0, 0.05) is 12.1 Å². The molecule has 1 aromatic carbocycles. The van der Waals surface area contributed by atoms with Crippen molar-refractivity contribution in [3.8, 4) is 5.75 Å². The highest BCUT2D eigenvalue weighted by atomic mass is 127. The molecule has 1 unspecified atom stereocenters. The molecule has 0 spiro atoms. The van der Waals surface area contributed by atoms with Crippen LogP contribution in [-0.4, -0.2) is 39.6 Å². The summed E-state index contributed by atoms with van der Waals surface area (Å²) in [6, 6.07) is 3.86. The molecule has 1 aromatic rings. The molecule has 0 radical (unpaired) electrons. The van der Waals surface area contributed by atoms with E-state index in [9.17, 15) is 14.7 Å². The van der Waals surface area contributed by atoms with E-state index in [1.807, 2.05) is 22.6 Å². The highest BCUT2D eigenvalue weighted by molar-refractivity contribution is 14.1. The lowest BCUT2D eigenvalue weighted by Crippen LogP contribution is -2.40. The van der Waals surface area contributed by atoms with E-state index in [0.717, 1.165) is 0 Å². The van der Waals surface area contributed by atoms with Gasteiger partial charge in [-0.1, -0.05) is 0 Å². The third kappa shape index (κ3) is 2.43. The summed E-state index contributed by atoms with van der Waals surface area (Å²) < 4.78 is 0.653. The molecule has 1 atom stereocenters. The average Bonchev–Trinajstić information content (AvgIpc) is 2.81. The summed E-state index contributed by atoms with van der Waals surface area (Å²) in [6.45, 7) is 0.447. The number of nitrogens with zero attached hydrogens (tertiary/aromatic N) is 1. The predicted octanol–water partition coefficient (Wildman–Crippen LogP) is 1.69. The van der Waals surface area contributed by atoms with Crippen LogP contribution in [0.4, 0.5) is 0 Å². The summed E-state index contributed by atoms with van der Waals surface area (Å²) in [7, 11) is 0. The van der Waals surface area contributed by atoms with Gasteiger partial charge < -0.3 is 15.1 Å². The molecule has 96 valence electrons. The van der Waals surface area contributed by atoms with Gasteiger partial charge in [0.05, 0.1) is 3.57 Å². The number of rotatable bonds is 2. The molecule has 18 heavy (non-hydrogen) atoms. The number of hydrogen-bond donors (Lipinski definition) is 2. The molecule has 1 fully saturated rings. The quantitative estimate of drug-likeness (QED) is 0.786. The Balaban J connectivity index is 2.25. The Morgan fingerprint density at radius 3 is 2.72 bits per heavy atom. The van der Waals surface area contributed by atoms with Gasteiger partial charge in [-0.3, -0.25) is 4.79 Å². The Kier molecular flexibility index (Phi) is 3.74. The van der Waals surface area contributed by atoms with E-state index in [1.54, 1.807) is 12.1 Å². The van der Waals surface area contributed by atoms with Gasteiger partial charge in [0.25, 0.3) is 5.91 Å². The third-order valence-electron chi connectivity index (χ3n) is 2.99. The molecule has 0 aromatic heterocycles. The number of carboxylic acids is 1. The number of aliphatic carboxylic acids is 1. The van der Waals surface area contributed by atoms with E-state index >= 15 is 0 Å². The van der Waals surface area contributed by atoms with E-state index in [4.69, 9.17) is 5.11 Å². The molecular formula is C12H12INO4. The minimum atomic E-state index is -0.976. The van der Waals surface area contributed by atoms with E-state index in [2.05, 4.69) is 0 Å². The van der Waals surface area contributed by atoms with Crippen molar-refractivity contribution in [3.63, 3.8) is 0 Å². The van der Waals surface area contributed by atoms with Crippen molar-refractivity contribution < 1.29 is 19.8 Å². The number of hydrogen-bond acceptors (Lipinski definition) is 3. The smallest absolute Gasteiger partial charge is 0.326 e. The first-order valence-electron chi connectivity index (χ1n) is 5.53. The Bertz CT molecular complexity index is 503. The first-order chi connectivity index (χ1) is 8.50. The molecule has 1 aliphatic rings. The maximum atomic E-state index is 12.2. The number of aromatic hydroxyl groups is 1. The largest absolute Gasteiger partial charge is 0.507 e. The molecular weight excluding hydrogens is 349 g/mol. The highest BCUT2D eigenvalue weighted by Crippen LogP contribution is 2.24. The van der Waals surface area contributed by atoms with Crippen LogP contribution in [0.3, 0.4) is 0 Å². The molecule has 1 saturated heterocycles. The van der Waals surface area contributed by atoms with Gasteiger partial charge in [-0.15, -0.1) is 0 Å². The van der Waals surface area contributed by atoms with Crippen LogP contribution in [0.25, 0.3) is 0 Å². The summed E-state index contributed by atoms with van der Waals surface area (Å²) in [5.74, 6) is -1.28. The van der Waals surface area contributed by atoms with Crippen LogP contribution in [0.5, 0.6) is 5.75 Å². The van der Waals surface area contributed by atoms with Crippen LogP contribution in [0.2, 0.25) is 0 Å². The second-order valence-corrected chi connectivity index (χ2v) is 5.32. The molecule has 2 N–H and O–H groups in total. The van der Waals surface area contributed by atoms with E-state index in [0.29, 0.717) is 28.5 Å². The van der Waals surface area contributed by atoms with E-state index < -0.39 is 12.0 Å². The number of carboxylic acid groups (broad SMARTS) is 1. The first kappa shape index (κ1) is 13.1. The number of likely N-dealkylation sites (tertiary alicyclic amines) is 1. The molecule has 2 rings (SSSR count). The molecule has 0 aliphatic carbocycles. The predicted molar refractivity (Wildman–Crippen MR) is 72.5 cm³/mol. The monoisotopic (exact) mass is 361 g/mol. The molecule has 0 saturated carbocycles. The minimum absolute atomic E-state index is 0.0347. The Morgan fingerprint density at radius 2 is 2.11 bits per heavy atom. The normalized spacial score (nSPS) is 18.9. The number of benzene rings is 1. The van der Waals surface area contributed by atoms with Gasteiger partial charge in [0.1, 0.15) is 11.8 Å². The van der Waals surface area contributed by atoms with Crippen LogP contribution < -0.4 is 0 Å². The Morgan fingerprint density at radius 1 is 1.39 bits per heavy atom. The first-order valence-corrected chi connectivity index (χ1v) is 6.61. The van der Waals surface area contributed by atoms with E-state index in [-0.39, 0.29) is 11.7 Å². The fraction of sp³-hybridized carbons (Fsp3) is 0.333. The summed E-state index contributed by atoms with van der Waals surface area (Å²) in [6.07, 6.45) is 1.18. The summed E-state index contributed by atoms with van der Waals surface area (Å²) in [5, 5.41) is 18.6. The van der Waals surface area contributed by atoms with Crippen LogP contribution in [0.15, 0.2) is 18.2 Å². The summed E-state index contributed by atoms with van der Waals surface area (Å²) in [5.41, 5.74) is 0.320. The van der Waals surface area contributed by atoms with Crippen molar-refractivity contribution in [1.82, 2.24) is 4.90 Å². The van der Waals surface area contributed by atoms with Crippen molar-refractivity contribution in [2.45, 2.75) is 18.9 Å². The van der Waals surface area contributed by atoms with Gasteiger partial charge in [-0.2, -0.15) is 0 Å². The number of phenols is 1. The summed E-state index contributed by atoms with van der Waals surface area (Å²) in [4.78, 5) is 24.5. The zero-order valence-corrected chi connectivity index (χ0v) is 11.6. The topological polar surface area (TPSA) is 77.8 Å². The van der Waals surface area contributed by atoms with Crippen LogP contribution in [0.1, 0.15) is 23.2 Å². The average molecular weight is 361 g/mol. The number of amides is 1. The van der Waals surface area contributed by atoms with Gasteiger partial charge in [-0.25, -0.2) is 4.79 Å². The van der Waals surface area contributed by atoms with Crippen LogP contribution >= 0.6 is 22.6 Å².